The van der Waals surface area contributed by atoms with Crippen LogP contribution in [0.4, 0.5) is 21.5 Å². The smallest absolute Gasteiger partial charge is 0.263 e. The number of phenolic OH excluding ortho intramolecular Hbond substituents is 1. The van der Waals surface area contributed by atoms with Gasteiger partial charge in [-0.25, -0.2) is 12.8 Å². The number of aromatic hydroxyl groups is 1. The highest BCUT2D eigenvalue weighted by atomic mass is 35.5. The molecule has 0 amide bonds. The summed E-state index contributed by atoms with van der Waals surface area (Å²) in [5.41, 5.74) is 1.23. The van der Waals surface area contributed by atoms with Crippen molar-refractivity contribution in [1.82, 2.24) is 0 Å². The van der Waals surface area contributed by atoms with Gasteiger partial charge in [-0.2, -0.15) is 0 Å². The lowest BCUT2D eigenvalue weighted by molar-refractivity contribution is 0.471. The number of anilines is 3. The average molecular weight is 584 g/mol. The number of hydrogen-bond donors (Lipinski definition) is 3. The summed E-state index contributed by atoms with van der Waals surface area (Å²) in [6.07, 6.45) is 0. The maximum absolute atomic E-state index is 14.0. The Bertz CT molecular complexity index is 1530. The summed E-state index contributed by atoms with van der Waals surface area (Å²) >= 11 is 19.5. The molecule has 0 aliphatic carbocycles. The van der Waals surface area contributed by atoms with Crippen LogP contribution in [-0.4, -0.2) is 13.5 Å². The summed E-state index contributed by atoms with van der Waals surface area (Å²) in [7, 11) is -4.12. The first-order valence-electron chi connectivity index (χ1n) is 10.3. The van der Waals surface area contributed by atoms with Crippen LogP contribution in [0.15, 0.2) is 87.5 Å². The van der Waals surface area contributed by atoms with E-state index in [2.05, 4.69) is 10.0 Å². The SMILES string of the molecule is Cc1ccc(NS(=O)(=O)c2ccc(Sc3cc(Cl)cc(Cl)c3)cc2Nc2cc(F)cc(Cl)c2)cc1O. The number of halogens is 4. The number of phenols is 1. The number of hydrogen-bond acceptors (Lipinski definition) is 5. The molecular weight excluding hydrogens is 566 g/mol. The molecule has 0 saturated carbocycles. The van der Waals surface area contributed by atoms with Crippen molar-refractivity contribution in [3.63, 3.8) is 0 Å². The molecule has 0 saturated heterocycles. The first-order valence-corrected chi connectivity index (χ1v) is 13.8. The molecule has 36 heavy (non-hydrogen) atoms. The second kappa shape index (κ2) is 10.8. The second-order valence-electron chi connectivity index (χ2n) is 7.76. The fourth-order valence-corrected chi connectivity index (χ4v) is 6.32. The van der Waals surface area contributed by atoms with Crippen molar-refractivity contribution < 1.29 is 17.9 Å². The molecule has 0 aromatic heterocycles. The molecule has 0 fully saturated rings. The van der Waals surface area contributed by atoms with Crippen LogP contribution in [0.25, 0.3) is 0 Å². The lowest BCUT2D eigenvalue weighted by Gasteiger charge is -2.16. The number of rotatable bonds is 7. The van der Waals surface area contributed by atoms with Gasteiger partial charge in [-0.05, 0) is 73.2 Å². The zero-order chi connectivity index (χ0) is 26.0. The van der Waals surface area contributed by atoms with Gasteiger partial charge in [0.1, 0.15) is 16.5 Å². The van der Waals surface area contributed by atoms with Crippen molar-refractivity contribution in [3.8, 4) is 5.75 Å². The summed E-state index contributed by atoms with van der Waals surface area (Å²) in [5.74, 6) is -0.628. The van der Waals surface area contributed by atoms with Gasteiger partial charge in [0.05, 0.1) is 11.4 Å². The number of nitrogens with one attached hydrogen (secondary N) is 2. The third-order valence-electron chi connectivity index (χ3n) is 4.92. The van der Waals surface area contributed by atoms with E-state index in [9.17, 15) is 17.9 Å². The molecule has 4 rings (SSSR count). The molecule has 11 heteroatoms. The fourth-order valence-electron chi connectivity index (χ4n) is 3.29. The van der Waals surface area contributed by atoms with E-state index in [1.54, 1.807) is 49.4 Å². The van der Waals surface area contributed by atoms with Crippen LogP contribution in [0.1, 0.15) is 5.56 Å². The Labute approximate surface area is 227 Å². The van der Waals surface area contributed by atoms with E-state index in [1.807, 2.05) is 0 Å². The molecule has 0 aliphatic heterocycles. The fraction of sp³-hybridized carbons (Fsp3) is 0.0400. The van der Waals surface area contributed by atoms with E-state index in [0.717, 1.165) is 11.0 Å². The highest BCUT2D eigenvalue weighted by molar-refractivity contribution is 7.99. The predicted octanol–water partition coefficient (Wildman–Crippen LogP) is 8.50. The van der Waals surface area contributed by atoms with Gasteiger partial charge in [0.25, 0.3) is 10.0 Å². The third kappa shape index (κ3) is 6.57. The molecule has 4 aromatic rings. The van der Waals surface area contributed by atoms with E-state index in [1.165, 1.54) is 36.0 Å². The standard InChI is InChI=1S/C25H18Cl3FN2O3S2/c1-14-2-3-19(12-24(14)32)31-36(33,34)25-5-4-21(35-22-9-15(26)6-16(27)10-22)13-23(25)30-20-8-17(28)7-18(29)11-20/h2-13,30-32H,1H3. The Morgan fingerprint density at radius 3 is 2.17 bits per heavy atom. The van der Waals surface area contributed by atoms with Crippen LogP contribution in [0.3, 0.4) is 0 Å². The maximum atomic E-state index is 14.0. The van der Waals surface area contributed by atoms with E-state index < -0.39 is 15.8 Å². The summed E-state index contributed by atoms with van der Waals surface area (Å²) in [4.78, 5) is 1.32. The lowest BCUT2D eigenvalue weighted by atomic mass is 10.2. The molecule has 0 unspecified atom stereocenters. The summed E-state index contributed by atoms with van der Waals surface area (Å²) in [6, 6.07) is 18.0. The van der Waals surface area contributed by atoms with E-state index >= 15 is 0 Å². The number of benzene rings is 4. The summed E-state index contributed by atoms with van der Waals surface area (Å²) in [6.45, 7) is 1.70. The second-order valence-corrected chi connectivity index (χ2v) is 11.9. The van der Waals surface area contributed by atoms with Gasteiger partial charge in [0.2, 0.25) is 0 Å². The zero-order valence-electron chi connectivity index (χ0n) is 18.5. The molecule has 4 aromatic carbocycles. The molecular formula is C25H18Cl3FN2O3S2. The first-order chi connectivity index (χ1) is 17.0. The van der Waals surface area contributed by atoms with Gasteiger partial charge in [0, 0.05) is 36.6 Å². The maximum Gasteiger partial charge on any atom is 0.263 e. The van der Waals surface area contributed by atoms with Crippen LogP contribution in [0.5, 0.6) is 5.75 Å². The Balaban J connectivity index is 1.75. The predicted molar refractivity (Wildman–Crippen MR) is 145 cm³/mol. The van der Waals surface area contributed by atoms with Gasteiger partial charge in [-0.15, -0.1) is 0 Å². The normalized spacial score (nSPS) is 11.4. The van der Waals surface area contributed by atoms with Crippen molar-refractivity contribution in [2.45, 2.75) is 21.6 Å². The number of sulfonamides is 1. The van der Waals surface area contributed by atoms with Gasteiger partial charge >= 0.3 is 0 Å². The third-order valence-corrected chi connectivity index (χ3v) is 7.97. The topological polar surface area (TPSA) is 78.4 Å². The molecule has 5 nitrogen and oxygen atoms in total. The molecule has 3 N–H and O–H groups in total. The lowest BCUT2D eigenvalue weighted by Crippen LogP contribution is -2.15. The minimum absolute atomic E-state index is 0.0464. The Kier molecular flexibility index (Phi) is 7.92. The minimum Gasteiger partial charge on any atom is -0.508 e. The van der Waals surface area contributed by atoms with E-state index in [4.69, 9.17) is 34.8 Å². The van der Waals surface area contributed by atoms with Gasteiger partial charge in [0.15, 0.2) is 0 Å². The zero-order valence-corrected chi connectivity index (χ0v) is 22.4. The Morgan fingerprint density at radius 2 is 1.50 bits per heavy atom. The molecule has 186 valence electrons. The van der Waals surface area contributed by atoms with E-state index in [-0.39, 0.29) is 32.7 Å². The summed E-state index contributed by atoms with van der Waals surface area (Å²) < 4.78 is 43.1. The van der Waals surface area contributed by atoms with Crippen LogP contribution in [0.2, 0.25) is 15.1 Å². The minimum atomic E-state index is -4.12. The molecule has 0 radical (unpaired) electrons. The van der Waals surface area contributed by atoms with Gasteiger partial charge in [-0.1, -0.05) is 52.6 Å². The van der Waals surface area contributed by atoms with Crippen molar-refractivity contribution in [3.05, 3.63) is 99.2 Å². The van der Waals surface area contributed by atoms with Crippen LogP contribution < -0.4 is 10.0 Å². The Morgan fingerprint density at radius 1 is 0.806 bits per heavy atom. The highest BCUT2D eigenvalue weighted by Gasteiger charge is 2.21. The monoisotopic (exact) mass is 582 g/mol. The molecule has 0 aliphatic rings. The summed E-state index contributed by atoms with van der Waals surface area (Å²) in [5, 5.41) is 14.0. The van der Waals surface area contributed by atoms with Crippen molar-refractivity contribution in [2.75, 3.05) is 10.0 Å². The van der Waals surface area contributed by atoms with Gasteiger partial charge < -0.3 is 10.4 Å². The van der Waals surface area contributed by atoms with E-state index in [0.29, 0.717) is 20.5 Å². The van der Waals surface area contributed by atoms with Crippen LogP contribution in [-0.2, 0) is 10.0 Å². The average Bonchev–Trinajstić information content (AvgIpc) is 2.75. The first kappa shape index (κ1) is 26.4. The Hall–Kier alpha value is -2.62. The van der Waals surface area contributed by atoms with Crippen molar-refractivity contribution in [1.29, 1.82) is 0 Å². The largest absolute Gasteiger partial charge is 0.508 e. The van der Waals surface area contributed by atoms with Crippen LogP contribution >= 0.6 is 46.6 Å². The van der Waals surface area contributed by atoms with Crippen LogP contribution in [0, 0.1) is 12.7 Å². The highest BCUT2D eigenvalue weighted by Crippen LogP contribution is 2.37. The quantitative estimate of drug-likeness (QED) is 0.203. The molecule has 0 atom stereocenters. The molecule has 0 heterocycles. The van der Waals surface area contributed by atoms with Crippen molar-refractivity contribution in [2.24, 2.45) is 0 Å². The van der Waals surface area contributed by atoms with Crippen molar-refractivity contribution >= 4 is 73.7 Å². The molecule has 0 bridgehead atoms. The van der Waals surface area contributed by atoms with Gasteiger partial charge in [-0.3, -0.25) is 4.72 Å². The number of aryl methyl sites for hydroxylation is 1. The molecule has 0 spiro atoms.